The van der Waals surface area contributed by atoms with E-state index >= 15 is 0 Å². The second-order valence-corrected chi connectivity index (χ2v) is 5.46. The minimum Gasteiger partial charge on any atom is -0.490 e. The normalized spacial score (nSPS) is 30.8. The van der Waals surface area contributed by atoms with Crippen LogP contribution >= 0.6 is 0 Å². The molecule has 1 aromatic carbocycles. The van der Waals surface area contributed by atoms with E-state index in [-0.39, 0.29) is 0 Å². The summed E-state index contributed by atoms with van der Waals surface area (Å²) in [4.78, 5) is 5.06. The van der Waals surface area contributed by atoms with E-state index in [9.17, 15) is 0 Å². The lowest BCUT2D eigenvalue weighted by molar-refractivity contribution is 0.224. The highest BCUT2D eigenvalue weighted by molar-refractivity contribution is 5.71. The summed E-state index contributed by atoms with van der Waals surface area (Å²) in [6.45, 7) is 4.32. The molecule has 90 valence electrons. The summed E-state index contributed by atoms with van der Waals surface area (Å²) in [5, 5.41) is 0. The van der Waals surface area contributed by atoms with E-state index in [2.05, 4.69) is 35.0 Å². The number of hydrogen-bond donors (Lipinski definition) is 0. The molecule has 0 amide bonds. The van der Waals surface area contributed by atoms with Gasteiger partial charge in [-0.3, -0.25) is 0 Å². The number of para-hydroxylation sites is 1. The standard InChI is InChI=1S/C14H18N2O/c1-15-6-5-12-11(9-15)10-3-2-4-13-14(10)16(12)7-8-17-13/h2-4,11-12H,5-9H2,1H3/t11-,12?/m1/s1. The third kappa shape index (κ3) is 1.26. The van der Waals surface area contributed by atoms with E-state index in [0.717, 1.165) is 18.9 Å². The molecule has 0 spiro atoms. The van der Waals surface area contributed by atoms with Gasteiger partial charge >= 0.3 is 0 Å². The molecule has 0 radical (unpaired) electrons. The van der Waals surface area contributed by atoms with E-state index < -0.39 is 0 Å². The van der Waals surface area contributed by atoms with Crippen molar-refractivity contribution < 1.29 is 4.74 Å². The third-order valence-electron chi connectivity index (χ3n) is 4.49. The number of ether oxygens (including phenoxy) is 1. The first-order chi connectivity index (χ1) is 8.34. The second-order valence-electron chi connectivity index (χ2n) is 5.46. The molecule has 3 aliphatic heterocycles. The van der Waals surface area contributed by atoms with E-state index in [1.165, 1.54) is 30.8 Å². The van der Waals surface area contributed by atoms with Crippen molar-refractivity contribution in [3.63, 3.8) is 0 Å². The molecule has 2 atom stereocenters. The average Bonchev–Trinajstić information content (AvgIpc) is 2.67. The highest BCUT2D eigenvalue weighted by atomic mass is 16.5. The van der Waals surface area contributed by atoms with Crippen molar-refractivity contribution in [1.82, 2.24) is 4.90 Å². The van der Waals surface area contributed by atoms with Gasteiger partial charge in [0.15, 0.2) is 0 Å². The Balaban J connectivity index is 1.85. The number of hydrogen-bond acceptors (Lipinski definition) is 3. The largest absolute Gasteiger partial charge is 0.490 e. The number of likely N-dealkylation sites (tertiary alicyclic amines) is 1. The lowest BCUT2D eigenvalue weighted by atomic mass is 9.89. The Morgan fingerprint density at radius 2 is 2.24 bits per heavy atom. The van der Waals surface area contributed by atoms with Gasteiger partial charge in [-0.15, -0.1) is 0 Å². The lowest BCUT2D eigenvalue weighted by Gasteiger charge is -2.38. The molecule has 1 fully saturated rings. The number of nitrogens with zero attached hydrogens (tertiary/aromatic N) is 2. The van der Waals surface area contributed by atoms with Crippen molar-refractivity contribution in [3.05, 3.63) is 23.8 Å². The molecular weight excluding hydrogens is 212 g/mol. The molecule has 1 saturated heterocycles. The van der Waals surface area contributed by atoms with E-state index in [1.54, 1.807) is 0 Å². The fraction of sp³-hybridized carbons (Fsp3) is 0.571. The minimum atomic E-state index is 0.686. The molecule has 1 unspecified atom stereocenters. The summed E-state index contributed by atoms with van der Waals surface area (Å²) in [7, 11) is 2.23. The molecule has 4 rings (SSSR count). The van der Waals surface area contributed by atoms with Crippen molar-refractivity contribution in [2.75, 3.05) is 38.2 Å². The Hall–Kier alpha value is -1.22. The maximum atomic E-state index is 5.79. The number of rotatable bonds is 0. The smallest absolute Gasteiger partial charge is 0.142 e. The summed E-state index contributed by atoms with van der Waals surface area (Å²) in [5.74, 6) is 1.79. The summed E-state index contributed by atoms with van der Waals surface area (Å²) >= 11 is 0. The van der Waals surface area contributed by atoms with Crippen LogP contribution in [-0.2, 0) is 0 Å². The first kappa shape index (κ1) is 9.77. The molecule has 3 heterocycles. The van der Waals surface area contributed by atoms with Crippen molar-refractivity contribution in [2.45, 2.75) is 18.4 Å². The zero-order valence-corrected chi connectivity index (χ0v) is 10.2. The lowest BCUT2D eigenvalue weighted by Crippen LogP contribution is -2.46. The Morgan fingerprint density at radius 1 is 1.29 bits per heavy atom. The first-order valence-electron chi connectivity index (χ1n) is 6.55. The monoisotopic (exact) mass is 230 g/mol. The van der Waals surface area contributed by atoms with Crippen molar-refractivity contribution in [2.24, 2.45) is 0 Å². The molecule has 0 saturated carbocycles. The number of fused-ring (bicyclic) bond motifs is 3. The number of likely N-dealkylation sites (N-methyl/N-ethyl adjacent to an activating group) is 1. The van der Waals surface area contributed by atoms with Gasteiger partial charge in [0.25, 0.3) is 0 Å². The van der Waals surface area contributed by atoms with Crippen LogP contribution in [0, 0.1) is 0 Å². The maximum Gasteiger partial charge on any atom is 0.142 e. The SMILES string of the molecule is CN1CCC2[C@H](C1)c1cccc3c1N2CCO3. The molecule has 17 heavy (non-hydrogen) atoms. The van der Waals surface area contributed by atoms with E-state index in [4.69, 9.17) is 4.74 Å². The van der Waals surface area contributed by atoms with Crippen LogP contribution in [0.3, 0.4) is 0 Å². The Labute approximate surface area is 102 Å². The van der Waals surface area contributed by atoms with Gasteiger partial charge in [-0.1, -0.05) is 12.1 Å². The molecule has 0 aliphatic carbocycles. The molecular formula is C14H18N2O. The van der Waals surface area contributed by atoms with Crippen LogP contribution < -0.4 is 9.64 Å². The van der Waals surface area contributed by atoms with Crippen LogP contribution in [0.25, 0.3) is 0 Å². The summed E-state index contributed by atoms with van der Waals surface area (Å²) < 4.78 is 5.79. The van der Waals surface area contributed by atoms with Crippen LogP contribution in [0.2, 0.25) is 0 Å². The molecule has 3 nitrogen and oxygen atoms in total. The highest BCUT2D eigenvalue weighted by Crippen LogP contribution is 2.49. The third-order valence-corrected chi connectivity index (χ3v) is 4.49. The predicted octanol–water partition coefficient (Wildman–Crippen LogP) is 1.69. The minimum absolute atomic E-state index is 0.686. The fourth-order valence-electron chi connectivity index (χ4n) is 3.74. The van der Waals surface area contributed by atoms with Gasteiger partial charge in [-0.05, 0) is 31.6 Å². The Kier molecular flexibility index (Phi) is 1.95. The fourth-order valence-corrected chi connectivity index (χ4v) is 3.74. The van der Waals surface area contributed by atoms with E-state index in [1.807, 2.05) is 0 Å². The quantitative estimate of drug-likeness (QED) is 0.674. The van der Waals surface area contributed by atoms with E-state index in [0.29, 0.717) is 12.0 Å². The molecule has 1 aromatic rings. The van der Waals surface area contributed by atoms with Gasteiger partial charge in [0, 0.05) is 18.5 Å². The Bertz CT molecular complexity index is 460. The van der Waals surface area contributed by atoms with Gasteiger partial charge in [-0.25, -0.2) is 0 Å². The Morgan fingerprint density at radius 3 is 3.18 bits per heavy atom. The van der Waals surface area contributed by atoms with Crippen molar-refractivity contribution >= 4 is 5.69 Å². The maximum absolute atomic E-state index is 5.79. The van der Waals surface area contributed by atoms with Crippen LogP contribution in [0.4, 0.5) is 5.69 Å². The zero-order chi connectivity index (χ0) is 11.4. The van der Waals surface area contributed by atoms with Crippen LogP contribution in [0.5, 0.6) is 5.75 Å². The van der Waals surface area contributed by atoms with Gasteiger partial charge in [0.1, 0.15) is 12.4 Å². The van der Waals surface area contributed by atoms with Crippen molar-refractivity contribution in [3.8, 4) is 5.75 Å². The average molecular weight is 230 g/mol. The summed E-state index contributed by atoms with van der Waals surface area (Å²) in [6, 6.07) is 7.27. The van der Waals surface area contributed by atoms with Gasteiger partial charge < -0.3 is 14.5 Å². The molecule has 0 aromatic heterocycles. The second kappa shape index (κ2) is 3.39. The summed E-state index contributed by atoms with van der Waals surface area (Å²) in [5.41, 5.74) is 2.91. The van der Waals surface area contributed by atoms with Gasteiger partial charge in [0.2, 0.25) is 0 Å². The predicted molar refractivity (Wildman–Crippen MR) is 67.9 cm³/mol. The molecule has 0 bridgehead atoms. The van der Waals surface area contributed by atoms with Gasteiger partial charge in [0.05, 0.1) is 12.2 Å². The highest BCUT2D eigenvalue weighted by Gasteiger charge is 2.43. The van der Waals surface area contributed by atoms with Crippen LogP contribution in [-0.4, -0.2) is 44.2 Å². The van der Waals surface area contributed by atoms with Crippen LogP contribution in [0.1, 0.15) is 17.9 Å². The van der Waals surface area contributed by atoms with Crippen LogP contribution in [0.15, 0.2) is 18.2 Å². The van der Waals surface area contributed by atoms with Gasteiger partial charge in [-0.2, -0.15) is 0 Å². The van der Waals surface area contributed by atoms with Crippen molar-refractivity contribution in [1.29, 1.82) is 0 Å². The molecule has 3 heteroatoms. The number of anilines is 1. The topological polar surface area (TPSA) is 15.7 Å². The number of benzene rings is 1. The molecule has 3 aliphatic rings. The molecule has 0 N–H and O–H groups in total. The number of piperidine rings is 1. The zero-order valence-electron chi connectivity index (χ0n) is 10.2. The summed E-state index contributed by atoms with van der Waals surface area (Å²) in [6.07, 6.45) is 1.29. The first-order valence-corrected chi connectivity index (χ1v) is 6.55.